The van der Waals surface area contributed by atoms with Gasteiger partial charge in [0.05, 0.1) is 17.4 Å². The highest BCUT2D eigenvalue weighted by molar-refractivity contribution is 14.0. The quantitative estimate of drug-likeness (QED) is 0.403. The maximum absolute atomic E-state index is 5.96. The summed E-state index contributed by atoms with van der Waals surface area (Å²) >= 11 is 9.41. The Balaban J connectivity index is 0.00000361. The second-order valence-electron chi connectivity index (χ2n) is 4.30. The predicted octanol–water partition coefficient (Wildman–Crippen LogP) is 4.17. The van der Waals surface area contributed by atoms with Gasteiger partial charge in [0.15, 0.2) is 5.96 Å². The van der Waals surface area contributed by atoms with Crippen LogP contribution in [0, 0.1) is 0 Å². The summed E-state index contributed by atoms with van der Waals surface area (Å²) in [5, 5.41) is 3.87. The maximum atomic E-state index is 5.96. The van der Waals surface area contributed by atoms with Crippen molar-refractivity contribution in [3.8, 4) is 0 Å². The average Bonchev–Trinajstić information content (AvgIpc) is 2.79. The number of halogens is 2. The lowest BCUT2D eigenvalue weighted by Gasteiger charge is -2.21. The van der Waals surface area contributed by atoms with Crippen molar-refractivity contribution in [3.05, 3.63) is 21.3 Å². The van der Waals surface area contributed by atoms with Crippen molar-refractivity contribution in [2.45, 2.75) is 25.6 Å². The molecular weight excluding hydrogens is 425 g/mol. The Morgan fingerprint density at radius 1 is 1.55 bits per heavy atom. The van der Waals surface area contributed by atoms with Gasteiger partial charge >= 0.3 is 0 Å². The van der Waals surface area contributed by atoms with Gasteiger partial charge in [-0.3, -0.25) is 4.99 Å². The second kappa shape index (κ2) is 11.0. The normalized spacial score (nSPS) is 12.8. The van der Waals surface area contributed by atoms with E-state index in [0.29, 0.717) is 5.25 Å². The van der Waals surface area contributed by atoms with Crippen LogP contribution < -0.4 is 5.32 Å². The molecule has 7 heteroatoms. The highest BCUT2D eigenvalue weighted by atomic mass is 127. The SMILES string of the molecule is CCNC(=NCC(C)SC)N(C)Cc1ccc(Cl)s1.I. The third-order valence-electron chi connectivity index (χ3n) is 2.62. The summed E-state index contributed by atoms with van der Waals surface area (Å²) in [4.78, 5) is 8.05. The lowest BCUT2D eigenvalue weighted by atomic mass is 10.4. The topological polar surface area (TPSA) is 27.6 Å². The Morgan fingerprint density at radius 2 is 2.25 bits per heavy atom. The monoisotopic (exact) mass is 447 g/mol. The lowest BCUT2D eigenvalue weighted by Crippen LogP contribution is -2.38. The largest absolute Gasteiger partial charge is 0.357 e. The van der Waals surface area contributed by atoms with Crippen molar-refractivity contribution in [1.82, 2.24) is 10.2 Å². The van der Waals surface area contributed by atoms with E-state index >= 15 is 0 Å². The summed E-state index contributed by atoms with van der Waals surface area (Å²) in [5.74, 6) is 0.952. The minimum atomic E-state index is 0. The third-order valence-corrected chi connectivity index (χ3v) is 4.79. The van der Waals surface area contributed by atoms with E-state index in [2.05, 4.69) is 48.4 Å². The molecule has 1 aromatic heterocycles. The van der Waals surface area contributed by atoms with Crippen LogP contribution in [0.2, 0.25) is 4.34 Å². The summed E-state index contributed by atoms with van der Waals surface area (Å²) in [7, 11) is 2.05. The Bertz CT molecular complexity index is 412. The number of nitrogens with one attached hydrogen (secondary N) is 1. The summed E-state index contributed by atoms with van der Waals surface area (Å²) in [6.45, 7) is 6.82. The van der Waals surface area contributed by atoms with E-state index < -0.39 is 0 Å². The summed E-state index contributed by atoms with van der Waals surface area (Å²) in [6, 6.07) is 4.01. The average molecular weight is 448 g/mol. The van der Waals surface area contributed by atoms with Crippen LogP contribution in [0.5, 0.6) is 0 Å². The Morgan fingerprint density at radius 3 is 2.75 bits per heavy atom. The number of nitrogens with zero attached hydrogens (tertiary/aromatic N) is 2. The third kappa shape index (κ3) is 7.38. The van der Waals surface area contributed by atoms with Gasteiger partial charge in [0.1, 0.15) is 0 Å². The van der Waals surface area contributed by atoms with Gasteiger partial charge in [-0.25, -0.2) is 0 Å². The van der Waals surface area contributed by atoms with Gasteiger partial charge < -0.3 is 10.2 Å². The maximum Gasteiger partial charge on any atom is 0.194 e. The minimum absolute atomic E-state index is 0. The molecule has 0 fully saturated rings. The van der Waals surface area contributed by atoms with Crippen molar-refractivity contribution < 1.29 is 0 Å². The molecule has 0 aliphatic rings. The number of hydrogen-bond acceptors (Lipinski definition) is 3. The molecule has 1 N–H and O–H groups in total. The second-order valence-corrected chi connectivity index (χ2v) is 7.38. The molecule has 1 aromatic rings. The van der Waals surface area contributed by atoms with Gasteiger partial charge in [0.2, 0.25) is 0 Å². The van der Waals surface area contributed by atoms with E-state index in [4.69, 9.17) is 11.6 Å². The van der Waals surface area contributed by atoms with Crippen LogP contribution in [0.15, 0.2) is 17.1 Å². The van der Waals surface area contributed by atoms with Gasteiger partial charge in [-0.1, -0.05) is 18.5 Å². The van der Waals surface area contributed by atoms with Crippen LogP contribution in [0.25, 0.3) is 0 Å². The van der Waals surface area contributed by atoms with E-state index in [1.165, 1.54) is 4.88 Å². The summed E-state index contributed by atoms with van der Waals surface area (Å²) in [5.41, 5.74) is 0. The fourth-order valence-corrected chi connectivity index (χ4v) is 2.87. The van der Waals surface area contributed by atoms with Crippen LogP contribution in [0.1, 0.15) is 18.7 Å². The zero-order chi connectivity index (χ0) is 14.3. The molecule has 0 aliphatic carbocycles. The molecule has 0 aromatic carbocycles. The van der Waals surface area contributed by atoms with Gasteiger partial charge in [0.25, 0.3) is 0 Å². The van der Waals surface area contributed by atoms with Crippen LogP contribution in [-0.4, -0.2) is 42.5 Å². The van der Waals surface area contributed by atoms with E-state index in [1.54, 1.807) is 11.3 Å². The molecule has 0 amide bonds. The summed E-state index contributed by atoms with van der Waals surface area (Å²) in [6.07, 6.45) is 2.12. The van der Waals surface area contributed by atoms with Gasteiger partial charge in [-0.15, -0.1) is 35.3 Å². The molecular formula is C13H23ClIN3S2. The van der Waals surface area contributed by atoms with Crippen LogP contribution in [0.4, 0.5) is 0 Å². The standard InChI is InChI=1S/C13H22ClN3S2.HI/c1-5-15-13(16-8-10(2)18-4)17(3)9-11-6-7-12(14)19-11;/h6-7,10H,5,8-9H2,1-4H3,(H,15,16);1H. The summed E-state index contributed by atoms with van der Waals surface area (Å²) < 4.78 is 0.835. The van der Waals surface area contributed by atoms with Crippen molar-refractivity contribution in [2.75, 3.05) is 26.4 Å². The Kier molecular flexibility index (Phi) is 11.2. The molecule has 0 bridgehead atoms. The van der Waals surface area contributed by atoms with Crippen LogP contribution in [-0.2, 0) is 6.54 Å². The molecule has 1 heterocycles. The van der Waals surface area contributed by atoms with Crippen molar-refractivity contribution in [2.24, 2.45) is 4.99 Å². The van der Waals surface area contributed by atoms with E-state index in [9.17, 15) is 0 Å². The fourth-order valence-electron chi connectivity index (χ4n) is 1.50. The molecule has 0 spiro atoms. The van der Waals surface area contributed by atoms with Crippen LogP contribution >= 0.6 is 58.7 Å². The Hall–Kier alpha value is 0.340. The fraction of sp³-hybridized carbons (Fsp3) is 0.615. The number of hydrogen-bond donors (Lipinski definition) is 1. The van der Waals surface area contributed by atoms with Crippen LogP contribution in [0.3, 0.4) is 0 Å². The Labute approximate surface area is 152 Å². The lowest BCUT2D eigenvalue weighted by molar-refractivity contribution is 0.481. The molecule has 1 rings (SSSR count). The number of aliphatic imine (C=N–C) groups is 1. The van der Waals surface area contributed by atoms with Gasteiger partial charge in [-0.05, 0) is 25.3 Å². The molecule has 1 unspecified atom stereocenters. The molecule has 1 atom stereocenters. The smallest absolute Gasteiger partial charge is 0.194 e. The van der Waals surface area contributed by atoms with Gasteiger partial charge in [-0.2, -0.15) is 11.8 Å². The van der Waals surface area contributed by atoms with E-state index in [-0.39, 0.29) is 24.0 Å². The number of rotatable bonds is 6. The molecule has 0 aliphatic heterocycles. The first-order valence-corrected chi connectivity index (χ1v) is 8.81. The predicted molar refractivity (Wildman–Crippen MR) is 105 cm³/mol. The molecule has 3 nitrogen and oxygen atoms in total. The first kappa shape index (κ1) is 20.3. The first-order chi connectivity index (χ1) is 9.06. The van der Waals surface area contributed by atoms with Crippen molar-refractivity contribution >= 4 is 64.6 Å². The van der Waals surface area contributed by atoms with E-state index in [1.807, 2.05) is 17.8 Å². The highest BCUT2D eigenvalue weighted by Crippen LogP contribution is 2.22. The molecule has 20 heavy (non-hydrogen) atoms. The minimum Gasteiger partial charge on any atom is -0.357 e. The molecule has 116 valence electrons. The zero-order valence-electron chi connectivity index (χ0n) is 12.4. The van der Waals surface area contributed by atoms with Gasteiger partial charge in [0, 0.05) is 23.7 Å². The molecule has 0 saturated heterocycles. The molecule has 0 saturated carbocycles. The number of guanidine groups is 1. The first-order valence-electron chi connectivity index (χ1n) is 6.33. The highest BCUT2D eigenvalue weighted by Gasteiger charge is 2.08. The van der Waals surface area contributed by atoms with Crippen molar-refractivity contribution in [3.63, 3.8) is 0 Å². The number of thioether (sulfide) groups is 1. The van der Waals surface area contributed by atoms with E-state index in [0.717, 1.165) is 29.9 Å². The number of thiophene rings is 1. The zero-order valence-corrected chi connectivity index (χ0v) is 17.1. The molecule has 0 radical (unpaired) electrons. The van der Waals surface area contributed by atoms with Crippen molar-refractivity contribution in [1.29, 1.82) is 0 Å².